The molecule has 1 fully saturated rings. The summed E-state index contributed by atoms with van der Waals surface area (Å²) in [7, 11) is 0. The first-order chi connectivity index (χ1) is 7.65. The first-order valence-electron chi connectivity index (χ1n) is 5.95. The summed E-state index contributed by atoms with van der Waals surface area (Å²) < 4.78 is 13.0. The first-order valence-corrected chi connectivity index (χ1v) is 5.95. The van der Waals surface area contributed by atoms with Crippen molar-refractivity contribution in [2.24, 2.45) is 0 Å². The minimum Gasteiger partial charge on any atom is -0.296 e. The fraction of sp³-hybridized carbons (Fsp3) is 0.615. The Hall–Kier alpha value is -0.960. The maximum atomic E-state index is 13.0. The van der Waals surface area contributed by atoms with Crippen LogP contribution in [-0.2, 0) is 6.54 Å². The number of alkyl halides is 1. The van der Waals surface area contributed by atoms with E-state index in [1.165, 1.54) is 11.1 Å². The molecule has 0 unspecified atom stereocenters. The normalized spacial score (nSPS) is 21.9. The van der Waals surface area contributed by atoms with Gasteiger partial charge in [-0.3, -0.25) is 9.88 Å². The lowest BCUT2D eigenvalue weighted by Crippen LogP contribution is -2.20. The van der Waals surface area contributed by atoms with E-state index < -0.39 is 6.17 Å². The largest absolute Gasteiger partial charge is 0.296 e. The van der Waals surface area contributed by atoms with Crippen molar-refractivity contribution >= 4 is 0 Å². The molecule has 1 aliphatic heterocycles. The number of hydrogen-bond donors (Lipinski definition) is 0. The molecule has 0 N–H and O–H groups in total. The molecule has 88 valence electrons. The molecule has 16 heavy (non-hydrogen) atoms. The fourth-order valence-corrected chi connectivity index (χ4v) is 2.10. The highest BCUT2D eigenvalue weighted by atomic mass is 19.1. The van der Waals surface area contributed by atoms with E-state index >= 15 is 0 Å². The molecule has 1 aromatic heterocycles. The molecular weight excluding hydrogens is 203 g/mol. The van der Waals surface area contributed by atoms with Crippen LogP contribution < -0.4 is 0 Å². The number of aromatic nitrogens is 1. The van der Waals surface area contributed by atoms with E-state index in [4.69, 9.17) is 0 Å². The lowest BCUT2D eigenvalue weighted by molar-refractivity contribution is 0.282. The summed E-state index contributed by atoms with van der Waals surface area (Å²) >= 11 is 0. The van der Waals surface area contributed by atoms with E-state index in [1.54, 1.807) is 0 Å². The summed E-state index contributed by atoms with van der Waals surface area (Å²) in [4.78, 5) is 6.41. The Morgan fingerprint density at radius 2 is 2.31 bits per heavy atom. The van der Waals surface area contributed by atoms with Crippen molar-refractivity contribution in [3.8, 4) is 0 Å². The SMILES string of the molecule is CC(C)c1cncc(CN2CC[C@H](F)C2)c1. The van der Waals surface area contributed by atoms with Gasteiger partial charge in [-0.2, -0.15) is 0 Å². The van der Waals surface area contributed by atoms with Crippen molar-refractivity contribution in [3.05, 3.63) is 29.6 Å². The van der Waals surface area contributed by atoms with Gasteiger partial charge in [-0.05, 0) is 23.5 Å². The molecule has 1 saturated heterocycles. The smallest absolute Gasteiger partial charge is 0.114 e. The Morgan fingerprint density at radius 1 is 1.50 bits per heavy atom. The molecule has 0 spiro atoms. The Morgan fingerprint density at radius 3 is 2.94 bits per heavy atom. The molecule has 0 aliphatic carbocycles. The van der Waals surface area contributed by atoms with Gasteiger partial charge in [-0.25, -0.2) is 4.39 Å². The van der Waals surface area contributed by atoms with Crippen molar-refractivity contribution < 1.29 is 4.39 Å². The van der Waals surface area contributed by atoms with Gasteiger partial charge in [0.05, 0.1) is 0 Å². The quantitative estimate of drug-likeness (QED) is 0.781. The molecule has 0 amide bonds. The lowest BCUT2D eigenvalue weighted by Gasteiger charge is -2.15. The number of nitrogens with zero attached hydrogens (tertiary/aromatic N) is 2. The van der Waals surface area contributed by atoms with E-state index in [9.17, 15) is 4.39 Å². The van der Waals surface area contributed by atoms with Gasteiger partial charge in [0, 0.05) is 32.0 Å². The maximum absolute atomic E-state index is 13.0. The highest BCUT2D eigenvalue weighted by Gasteiger charge is 2.21. The van der Waals surface area contributed by atoms with Crippen molar-refractivity contribution in [1.29, 1.82) is 0 Å². The fourth-order valence-electron chi connectivity index (χ4n) is 2.10. The molecule has 1 aliphatic rings. The Balaban J connectivity index is 2.01. The van der Waals surface area contributed by atoms with Gasteiger partial charge in [0.2, 0.25) is 0 Å². The van der Waals surface area contributed by atoms with Crippen molar-refractivity contribution in [2.75, 3.05) is 13.1 Å². The van der Waals surface area contributed by atoms with Crippen LogP contribution in [0, 0.1) is 0 Å². The molecule has 3 heteroatoms. The average molecular weight is 222 g/mol. The third-order valence-corrected chi connectivity index (χ3v) is 3.10. The second-order valence-corrected chi connectivity index (χ2v) is 4.90. The van der Waals surface area contributed by atoms with E-state index in [1.807, 2.05) is 12.4 Å². The zero-order valence-corrected chi connectivity index (χ0v) is 9.99. The van der Waals surface area contributed by atoms with Crippen LogP contribution in [-0.4, -0.2) is 29.1 Å². The van der Waals surface area contributed by atoms with E-state index in [0.29, 0.717) is 18.9 Å². The van der Waals surface area contributed by atoms with Crippen LogP contribution in [0.3, 0.4) is 0 Å². The van der Waals surface area contributed by atoms with Crippen LogP contribution in [0.1, 0.15) is 37.3 Å². The highest BCUT2D eigenvalue weighted by Crippen LogP contribution is 2.18. The number of pyridine rings is 1. The Labute approximate surface area is 96.5 Å². The molecular formula is C13H19FN2. The van der Waals surface area contributed by atoms with Gasteiger partial charge in [0.25, 0.3) is 0 Å². The second kappa shape index (κ2) is 4.91. The van der Waals surface area contributed by atoms with Crippen LogP contribution >= 0.6 is 0 Å². The predicted molar refractivity (Wildman–Crippen MR) is 63.1 cm³/mol. The van der Waals surface area contributed by atoms with Crippen molar-refractivity contribution in [2.45, 2.75) is 38.9 Å². The molecule has 2 heterocycles. The third-order valence-electron chi connectivity index (χ3n) is 3.10. The van der Waals surface area contributed by atoms with Crippen LogP contribution in [0.25, 0.3) is 0 Å². The minimum atomic E-state index is -0.638. The van der Waals surface area contributed by atoms with Crippen molar-refractivity contribution in [3.63, 3.8) is 0 Å². The van der Waals surface area contributed by atoms with Gasteiger partial charge in [-0.15, -0.1) is 0 Å². The first kappa shape index (κ1) is 11.5. The van der Waals surface area contributed by atoms with E-state index in [-0.39, 0.29) is 0 Å². The van der Waals surface area contributed by atoms with Gasteiger partial charge >= 0.3 is 0 Å². The van der Waals surface area contributed by atoms with Crippen molar-refractivity contribution in [1.82, 2.24) is 9.88 Å². The summed E-state index contributed by atoms with van der Waals surface area (Å²) in [6.07, 6.45) is 3.84. The van der Waals surface area contributed by atoms with Crippen LogP contribution in [0.4, 0.5) is 4.39 Å². The summed E-state index contributed by atoms with van der Waals surface area (Å²) in [5.74, 6) is 0.500. The molecule has 0 bridgehead atoms. The summed E-state index contributed by atoms with van der Waals surface area (Å²) in [6.45, 7) is 6.59. The number of hydrogen-bond acceptors (Lipinski definition) is 2. The van der Waals surface area contributed by atoms with E-state index in [2.05, 4.69) is 29.8 Å². The zero-order chi connectivity index (χ0) is 11.5. The summed E-state index contributed by atoms with van der Waals surface area (Å²) in [6, 6.07) is 2.18. The van der Waals surface area contributed by atoms with Gasteiger partial charge in [0.1, 0.15) is 6.17 Å². The Bertz CT molecular complexity index is 352. The van der Waals surface area contributed by atoms with Gasteiger partial charge in [-0.1, -0.05) is 19.9 Å². The summed E-state index contributed by atoms with van der Waals surface area (Å²) in [5, 5.41) is 0. The molecule has 0 saturated carbocycles. The topological polar surface area (TPSA) is 16.1 Å². The van der Waals surface area contributed by atoms with Crippen LogP contribution in [0.2, 0.25) is 0 Å². The molecule has 0 radical (unpaired) electrons. The third kappa shape index (κ3) is 2.79. The maximum Gasteiger partial charge on any atom is 0.114 e. The molecule has 0 aromatic carbocycles. The highest BCUT2D eigenvalue weighted by molar-refractivity contribution is 5.20. The monoisotopic (exact) mass is 222 g/mol. The number of halogens is 1. The second-order valence-electron chi connectivity index (χ2n) is 4.90. The molecule has 2 nitrogen and oxygen atoms in total. The Kier molecular flexibility index (Phi) is 3.54. The van der Waals surface area contributed by atoms with Gasteiger partial charge in [0.15, 0.2) is 0 Å². The van der Waals surface area contributed by atoms with Gasteiger partial charge < -0.3 is 0 Å². The zero-order valence-electron chi connectivity index (χ0n) is 9.99. The standard InChI is InChI=1S/C13H19FN2/c1-10(2)12-5-11(6-15-7-12)8-16-4-3-13(14)9-16/h5-7,10,13H,3-4,8-9H2,1-2H3/t13-/m0/s1. The number of rotatable bonds is 3. The lowest BCUT2D eigenvalue weighted by atomic mass is 10.0. The molecule has 1 aromatic rings. The predicted octanol–water partition coefficient (Wildman–Crippen LogP) is 2.75. The minimum absolute atomic E-state index is 0.500. The van der Waals surface area contributed by atoms with Crippen LogP contribution in [0.5, 0.6) is 0 Å². The number of likely N-dealkylation sites (tertiary alicyclic amines) is 1. The van der Waals surface area contributed by atoms with E-state index in [0.717, 1.165) is 13.1 Å². The van der Waals surface area contributed by atoms with Crippen LogP contribution in [0.15, 0.2) is 18.5 Å². The molecule has 1 atom stereocenters. The summed E-state index contributed by atoms with van der Waals surface area (Å²) in [5.41, 5.74) is 2.45. The molecule has 2 rings (SSSR count). The average Bonchev–Trinajstić information content (AvgIpc) is 2.64.